The van der Waals surface area contributed by atoms with Gasteiger partial charge in [-0.1, -0.05) is 6.07 Å². The maximum absolute atomic E-state index is 12.6. The van der Waals surface area contributed by atoms with Crippen molar-refractivity contribution in [2.24, 2.45) is 0 Å². The standard InChI is InChI=1S/C25H24N4O2/c26-17-18-2-1-3-22(16-18)27-20-6-8-21(9-7-20)28-25(31)19-4-10-23(11-5-19)29-14-12-24(30)13-15-29/h1-11,16,24,27,30H,12-15H2,(H,28,31). The first kappa shape index (κ1) is 20.5. The Balaban J connectivity index is 1.35. The molecule has 31 heavy (non-hydrogen) atoms. The monoisotopic (exact) mass is 412 g/mol. The summed E-state index contributed by atoms with van der Waals surface area (Å²) in [5.41, 5.74) is 4.66. The number of nitrogens with zero attached hydrogens (tertiary/aromatic N) is 2. The fourth-order valence-corrected chi connectivity index (χ4v) is 3.62. The Morgan fingerprint density at radius 3 is 2.29 bits per heavy atom. The maximum Gasteiger partial charge on any atom is 0.255 e. The van der Waals surface area contributed by atoms with Crippen LogP contribution in [0, 0.1) is 11.3 Å². The summed E-state index contributed by atoms with van der Waals surface area (Å²) < 4.78 is 0. The molecular weight excluding hydrogens is 388 g/mol. The van der Waals surface area contributed by atoms with E-state index in [0.717, 1.165) is 43.0 Å². The van der Waals surface area contributed by atoms with Gasteiger partial charge in [-0.3, -0.25) is 4.79 Å². The summed E-state index contributed by atoms with van der Waals surface area (Å²) in [5, 5.41) is 24.8. The third kappa shape index (κ3) is 5.21. The minimum atomic E-state index is -0.203. The number of piperidine rings is 1. The largest absolute Gasteiger partial charge is 0.393 e. The number of rotatable bonds is 5. The lowest BCUT2D eigenvalue weighted by Gasteiger charge is -2.31. The van der Waals surface area contributed by atoms with Crippen LogP contribution in [0.25, 0.3) is 0 Å². The van der Waals surface area contributed by atoms with Gasteiger partial charge in [0.05, 0.1) is 17.7 Å². The van der Waals surface area contributed by atoms with E-state index in [-0.39, 0.29) is 12.0 Å². The van der Waals surface area contributed by atoms with Gasteiger partial charge in [0.1, 0.15) is 0 Å². The van der Waals surface area contributed by atoms with E-state index in [9.17, 15) is 9.90 Å². The molecule has 3 aromatic carbocycles. The zero-order valence-corrected chi connectivity index (χ0v) is 17.1. The number of nitriles is 1. The highest BCUT2D eigenvalue weighted by Gasteiger charge is 2.17. The number of hydrogen-bond donors (Lipinski definition) is 3. The molecule has 1 heterocycles. The van der Waals surface area contributed by atoms with Crippen molar-refractivity contribution in [2.75, 3.05) is 28.6 Å². The van der Waals surface area contributed by atoms with E-state index in [1.807, 2.05) is 60.7 Å². The highest BCUT2D eigenvalue weighted by atomic mass is 16.3. The summed E-state index contributed by atoms with van der Waals surface area (Å²) in [7, 11) is 0. The van der Waals surface area contributed by atoms with E-state index in [1.54, 1.807) is 12.1 Å². The minimum absolute atomic E-state index is 0.164. The molecule has 6 heteroatoms. The van der Waals surface area contributed by atoms with Crippen molar-refractivity contribution in [1.82, 2.24) is 0 Å². The highest BCUT2D eigenvalue weighted by Crippen LogP contribution is 2.22. The van der Waals surface area contributed by atoms with Gasteiger partial charge in [0.2, 0.25) is 0 Å². The molecular formula is C25H24N4O2. The third-order valence-electron chi connectivity index (χ3n) is 5.38. The van der Waals surface area contributed by atoms with Gasteiger partial charge in [-0.25, -0.2) is 0 Å². The number of carbonyl (C=O) groups is 1. The number of hydrogen-bond acceptors (Lipinski definition) is 5. The molecule has 3 aromatic rings. The Hall–Kier alpha value is -3.82. The first-order chi connectivity index (χ1) is 15.1. The van der Waals surface area contributed by atoms with E-state index in [1.165, 1.54) is 0 Å². The van der Waals surface area contributed by atoms with Gasteiger partial charge < -0.3 is 20.6 Å². The Kier molecular flexibility index (Phi) is 6.16. The average Bonchev–Trinajstić information content (AvgIpc) is 2.81. The van der Waals surface area contributed by atoms with Crippen molar-refractivity contribution in [3.05, 3.63) is 83.9 Å². The van der Waals surface area contributed by atoms with Crippen LogP contribution >= 0.6 is 0 Å². The molecule has 1 aliphatic heterocycles. The van der Waals surface area contributed by atoms with E-state index < -0.39 is 0 Å². The zero-order chi connectivity index (χ0) is 21.6. The normalized spacial score (nSPS) is 14.0. The van der Waals surface area contributed by atoms with E-state index in [0.29, 0.717) is 16.8 Å². The third-order valence-corrected chi connectivity index (χ3v) is 5.38. The molecule has 0 unspecified atom stereocenters. The van der Waals surface area contributed by atoms with Gasteiger partial charge >= 0.3 is 0 Å². The fraction of sp³-hybridized carbons (Fsp3) is 0.200. The molecule has 0 saturated carbocycles. The molecule has 0 aliphatic carbocycles. The summed E-state index contributed by atoms with van der Waals surface area (Å²) in [6.07, 6.45) is 1.35. The van der Waals surface area contributed by atoms with Crippen molar-refractivity contribution in [2.45, 2.75) is 18.9 Å². The van der Waals surface area contributed by atoms with Crippen LogP contribution in [-0.4, -0.2) is 30.2 Å². The van der Waals surface area contributed by atoms with Crippen LogP contribution < -0.4 is 15.5 Å². The Labute approximate surface area is 181 Å². The average molecular weight is 412 g/mol. The molecule has 156 valence electrons. The Morgan fingerprint density at radius 2 is 1.61 bits per heavy atom. The predicted octanol–water partition coefficient (Wildman–Crippen LogP) is 4.52. The topological polar surface area (TPSA) is 88.4 Å². The van der Waals surface area contributed by atoms with Gasteiger partial charge in [-0.15, -0.1) is 0 Å². The molecule has 1 saturated heterocycles. The quantitative estimate of drug-likeness (QED) is 0.574. The van der Waals surface area contributed by atoms with Gasteiger partial charge in [-0.05, 0) is 79.6 Å². The summed E-state index contributed by atoms with van der Waals surface area (Å²) in [6.45, 7) is 1.65. The molecule has 1 aliphatic rings. The van der Waals surface area contributed by atoms with E-state index >= 15 is 0 Å². The lowest BCUT2D eigenvalue weighted by atomic mass is 10.1. The van der Waals surface area contributed by atoms with Crippen LogP contribution in [0.15, 0.2) is 72.8 Å². The molecule has 3 N–H and O–H groups in total. The summed E-state index contributed by atoms with van der Waals surface area (Å²) in [6, 6.07) is 24.4. The van der Waals surface area contributed by atoms with Crippen LogP contribution in [0.1, 0.15) is 28.8 Å². The molecule has 0 atom stereocenters. The van der Waals surface area contributed by atoms with Crippen LogP contribution in [-0.2, 0) is 0 Å². The number of benzene rings is 3. The number of aliphatic hydroxyl groups is 1. The Morgan fingerprint density at radius 1 is 0.935 bits per heavy atom. The second kappa shape index (κ2) is 9.33. The van der Waals surface area contributed by atoms with Crippen LogP contribution in [0.3, 0.4) is 0 Å². The van der Waals surface area contributed by atoms with Gasteiger partial charge in [0.15, 0.2) is 0 Å². The molecule has 0 bridgehead atoms. The maximum atomic E-state index is 12.6. The van der Waals surface area contributed by atoms with Crippen molar-refractivity contribution in [1.29, 1.82) is 5.26 Å². The fourth-order valence-electron chi connectivity index (χ4n) is 3.62. The summed E-state index contributed by atoms with van der Waals surface area (Å²) in [5.74, 6) is -0.164. The van der Waals surface area contributed by atoms with Crippen LogP contribution in [0.4, 0.5) is 22.7 Å². The molecule has 1 fully saturated rings. The van der Waals surface area contributed by atoms with Gasteiger partial charge in [0.25, 0.3) is 5.91 Å². The molecule has 4 rings (SSSR count). The molecule has 0 spiro atoms. The SMILES string of the molecule is N#Cc1cccc(Nc2ccc(NC(=O)c3ccc(N4CCC(O)CC4)cc3)cc2)c1. The predicted molar refractivity (Wildman–Crippen MR) is 123 cm³/mol. The van der Waals surface area contributed by atoms with Crippen molar-refractivity contribution in [3.8, 4) is 6.07 Å². The Bertz CT molecular complexity index is 1080. The van der Waals surface area contributed by atoms with Crippen molar-refractivity contribution in [3.63, 3.8) is 0 Å². The molecule has 6 nitrogen and oxygen atoms in total. The van der Waals surface area contributed by atoms with Gasteiger partial charge in [0, 0.05) is 41.4 Å². The van der Waals surface area contributed by atoms with E-state index in [4.69, 9.17) is 5.26 Å². The van der Waals surface area contributed by atoms with Crippen LogP contribution in [0.5, 0.6) is 0 Å². The molecule has 0 radical (unpaired) electrons. The highest BCUT2D eigenvalue weighted by molar-refractivity contribution is 6.04. The van der Waals surface area contributed by atoms with Gasteiger partial charge in [-0.2, -0.15) is 5.26 Å². The molecule has 1 amide bonds. The first-order valence-corrected chi connectivity index (χ1v) is 10.3. The number of nitrogens with one attached hydrogen (secondary N) is 2. The van der Waals surface area contributed by atoms with Crippen LogP contribution in [0.2, 0.25) is 0 Å². The van der Waals surface area contributed by atoms with Crippen molar-refractivity contribution >= 4 is 28.7 Å². The lowest BCUT2D eigenvalue weighted by Crippen LogP contribution is -2.35. The summed E-state index contributed by atoms with van der Waals surface area (Å²) >= 11 is 0. The van der Waals surface area contributed by atoms with Crippen molar-refractivity contribution < 1.29 is 9.90 Å². The second-order valence-electron chi connectivity index (χ2n) is 7.61. The lowest BCUT2D eigenvalue weighted by molar-refractivity contribution is 0.102. The zero-order valence-electron chi connectivity index (χ0n) is 17.1. The number of amides is 1. The molecule has 0 aromatic heterocycles. The minimum Gasteiger partial charge on any atom is -0.393 e. The smallest absolute Gasteiger partial charge is 0.255 e. The first-order valence-electron chi connectivity index (χ1n) is 10.3. The summed E-state index contributed by atoms with van der Waals surface area (Å²) in [4.78, 5) is 14.8. The van der Waals surface area contributed by atoms with E-state index in [2.05, 4.69) is 21.6 Å². The second-order valence-corrected chi connectivity index (χ2v) is 7.61. The number of aliphatic hydroxyl groups excluding tert-OH is 1. The number of carbonyl (C=O) groups excluding carboxylic acids is 1. The number of anilines is 4.